The van der Waals surface area contributed by atoms with Gasteiger partial charge < -0.3 is 9.16 Å². The molecule has 96 valence electrons. The van der Waals surface area contributed by atoms with E-state index in [1.54, 1.807) is 7.11 Å². The largest absolute Gasteiger partial charge is 0.460 e. The Morgan fingerprint density at radius 2 is 1.81 bits per heavy atom. The van der Waals surface area contributed by atoms with E-state index in [-0.39, 0.29) is 17.5 Å². The van der Waals surface area contributed by atoms with Crippen LogP contribution >= 0.6 is 0 Å². The lowest BCUT2D eigenvalue weighted by Gasteiger charge is -2.24. The maximum Gasteiger partial charge on any atom is 0.309 e. The molecule has 16 heavy (non-hydrogen) atoms. The molecule has 0 N–H and O–H groups in total. The molecular weight excluding hydrogens is 220 g/mol. The Labute approximate surface area is 101 Å². The fourth-order valence-electron chi connectivity index (χ4n) is 1.19. The van der Waals surface area contributed by atoms with Crippen molar-refractivity contribution in [2.45, 2.75) is 58.9 Å². The summed E-state index contributed by atoms with van der Waals surface area (Å²) in [7, 11) is 0.202. The second-order valence-corrected chi connectivity index (χ2v) is 10.4. The van der Waals surface area contributed by atoms with E-state index in [0.29, 0.717) is 0 Å². The first-order valence-corrected chi connectivity index (χ1v) is 8.97. The second-order valence-electron chi connectivity index (χ2n) is 5.94. The van der Waals surface area contributed by atoms with Crippen molar-refractivity contribution in [1.29, 1.82) is 0 Å². The van der Waals surface area contributed by atoms with Gasteiger partial charge in [-0.05, 0) is 46.3 Å². The number of hydrogen-bond donors (Lipinski definition) is 0. The van der Waals surface area contributed by atoms with Crippen LogP contribution in [0.3, 0.4) is 0 Å². The second kappa shape index (κ2) is 5.82. The Morgan fingerprint density at radius 3 is 2.19 bits per heavy atom. The van der Waals surface area contributed by atoms with Crippen LogP contribution in [0.5, 0.6) is 0 Å². The van der Waals surface area contributed by atoms with Crippen LogP contribution in [-0.2, 0) is 14.0 Å². The van der Waals surface area contributed by atoms with Crippen LogP contribution in [0, 0.1) is 5.92 Å². The molecule has 0 spiro atoms. The Morgan fingerprint density at radius 1 is 1.31 bits per heavy atom. The molecule has 0 aromatic rings. The quantitative estimate of drug-likeness (QED) is 0.552. The molecule has 0 aliphatic heterocycles. The predicted octanol–water partition coefficient (Wildman–Crippen LogP) is 3.21. The summed E-state index contributed by atoms with van der Waals surface area (Å²) in [6.07, 6.45) is 0.849. The van der Waals surface area contributed by atoms with Gasteiger partial charge in [-0.1, -0.05) is 6.92 Å². The third kappa shape index (κ3) is 7.01. The number of esters is 1. The zero-order chi connectivity index (χ0) is 13.0. The molecule has 1 atom stereocenters. The fourth-order valence-corrected chi connectivity index (χ4v) is 2.52. The van der Waals surface area contributed by atoms with E-state index in [1.165, 1.54) is 0 Å². The Balaban J connectivity index is 4.08. The maximum absolute atomic E-state index is 11.7. The highest BCUT2D eigenvalue weighted by atomic mass is 28.4. The summed E-state index contributed by atoms with van der Waals surface area (Å²) in [4.78, 5) is 11.7. The van der Waals surface area contributed by atoms with Crippen LogP contribution < -0.4 is 0 Å². The topological polar surface area (TPSA) is 35.5 Å². The monoisotopic (exact) mass is 246 g/mol. The minimum Gasteiger partial charge on any atom is -0.460 e. The minimum atomic E-state index is -1.55. The first-order valence-electron chi connectivity index (χ1n) is 5.85. The molecule has 0 aliphatic carbocycles. The van der Waals surface area contributed by atoms with Gasteiger partial charge in [-0.3, -0.25) is 4.79 Å². The smallest absolute Gasteiger partial charge is 0.309 e. The van der Waals surface area contributed by atoms with E-state index in [1.807, 2.05) is 27.7 Å². The van der Waals surface area contributed by atoms with Crippen molar-refractivity contribution in [2.75, 3.05) is 7.11 Å². The molecule has 0 radical (unpaired) electrons. The molecule has 0 aromatic heterocycles. The van der Waals surface area contributed by atoms with Crippen LogP contribution in [0.25, 0.3) is 0 Å². The summed E-state index contributed by atoms with van der Waals surface area (Å²) < 4.78 is 10.8. The van der Waals surface area contributed by atoms with Crippen molar-refractivity contribution < 1.29 is 14.0 Å². The maximum atomic E-state index is 11.7. The molecule has 3 nitrogen and oxygen atoms in total. The summed E-state index contributed by atoms with van der Waals surface area (Å²) in [5.41, 5.74) is -0.389. The van der Waals surface area contributed by atoms with Gasteiger partial charge in [0.05, 0.1) is 5.92 Å². The summed E-state index contributed by atoms with van der Waals surface area (Å²) in [5.74, 6) is -0.144. The number of hydrogen-bond acceptors (Lipinski definition) is 3. The summed E-state index contributed by atoms with van der Waals surface area (Å²) in [6.45, 7) is 11.9. The fraction of sp³-hybridized carbons (Fsp3) is 0.917. The highest BCUT2D eigenvalue weighted by molar-refractivity contribution is 6.71. The lowest BCUT2D eigenvalue weighted by Crippen LogP contribution is -2.31. The van der Waals surface area contributed by atoms with E-state index < -0.39 is 8.32 Å². The molecule has 0 saturated carbocycles. The van der Waals surface area contributed by atoms with Crippen LogP contribution in [-0.4, -0.2) is 27.0 Å². The summed E-state index contributed by atoms with van der Waals surface area (Å²) in [6, 6.07) is 0.990. The van der Waals surface area contributed by atoms with Gasteiger partial charge in [-0.25, -0.2) is 0 Å². The highest BCUT2D eigenvalue weighted by Gasteiger charge is 2.26. The minimum absolute atomic E-state index is 0.0406. The summed E-state index contributed by atoms with van der Waals surface area (Å²) in [5, 5.41) is 0. The Bertz CT molecular complexity index is 231. The molecule has 0 fully saturated rings. The van der Waals surface area contributed by atoms with E-state index in [4.69, 9.17) is 9.16 Å². The molecular formula is C12H26O3Si. The van der Waals surface area contributed by atoms with Crippen molar-refractivity contribution in [3.8, 4) is 0 Å². The van der Waals surface area contributed by atoms with Crippen molar-refractivity contribution in [3.05, 3.63) is 0 Å². The molecule has 0 heterocycles. The third-order valence-electron chi connectivity index (χ3n) is 2.54. The van der Waals surface area contributed by atoms with Crippen molar-refractivity contribution in [3.63, 3.8) is 0 Å². The third-order valence-corrected chi connectivity index (χ3v) is 5.14. The molecule has 1 unspecified atom stereocenters. The van der Waals surface area contributed by atoms with Crippen LogP contribution in [0.1, 0.15) is 34.1 Å². The molecule has 4 heteroatoms. The molecule has 0 rings (SSSR count). The number of carbonyl (C=O) groups is 1. The number of rotatable bonds is 5. The Kier molecular flexibility index (Phi) is 5.69. The molecule has 0 aromatic carbocycles. The van der Waals surface area contributed by atoms with Gasteiger partial charge in [-0.2, -0.15) is 0 Å². The first kappa shape index (κ1) is 15.6. The van der Waals surface area contributed by atoms with Gasteiger partial charge in [0, 0.05) is 7.11 Å². The standard InChI is InChI=1S/C12H26O3Si/c1-10(8-9-16(6,7)14-5)11(13)15-12(2,3)4/h10H,8-9H2,1-7H3. The lowest BCUT2D eigenvalue weighted by atomic mass is 10.1. The van der Waals surface area contributed by atoms with Crippen LogP contribution in [0.15, 0.2) is 0 Å². The van der Waals surface area contributed by atoms with Gasteiger partial charge in [0.15, 0.2) is 8.32 Å². The van der Waals surface area contributed by atoms with Crippen molar-refractivity contribution in [1.82, 2.24) is 0 Å². The normalized spacial score (nSPS) is 14.7. The average molecular weight is 246 g/mol. The lowest BCUT2D eigenvalue weighted by molar-refractivity contribution is -0.159. The van der Waals surface area contributed by atoms with Gasteiger partial charge in [0.1, 0.15) is 5.60 Å². The Hall–Kier alpha value is -0.353. The molecule has 0 aliphatic rings. The molecule has 0 amide bonds. The molecule has 0 saturated heterocycles. The first-order chi connectivity index (χ1) is 7.07. The van der Waals surface area contributed by atoms with Gasteiger partial charge in [0.2, 0.25) is 0 Å². The number of ether oxygens (including phenoxy) is 1. The van der Waals surface area contributed by atoms with Gasteiger partial charge >= 0.3 is 5.97 Å². The SMILES string of the molecule is CO[Si](C)(C)CCC(C)C(=O)OC(C)(C)C. The average Bonchev–Trinajstić information content (AvgIpc) is 2.11. The zero-order valence-electron chi connectivity index (χ0n) is 11.7. The van der Waals surface area contributed by atoms with Gasteiger partial charge in [0.25, 0.3) is 0 Å². The van der Waals surface area contributed by atoms with E-state index >= 15 is 0 Å². The van der Waals surface area contributed by atoms with E-state index in [9.17, 15) is 4.79 Å². The van der Waals surface area contributed by atoms with E-state index in [2.05, 4.69) is 13.1 Å². The number of carbonyl (C=O) groups excluding carboxylic acids is 1. The predicted molar refractivity (Wildman–Crippen MR) is 68.9 cm³/mol. The van der Waals surface area contributed by atoms with Crippen molar-refractivity contribution >= 4 is 14.3 Å². The summed E-state index contributed by atoms with van der Waals surface area (Å²) >= 11 is 0. The van der Waals surface area contributed by atoms with Gasteiger partial charge in [-0.15, -0.1) is 0 Å². The highest BCUT2D eigenvalue weighted by Crippen LogP contribution is 2.20. The van der Waals surface area contributed by atoms with Crippen molar-refractivity contribution in [2.24, 2.45) is 5.92 Å². The molecule has 0 bridgehead atoms. The van der Waals surface area contributed by atoms with E-state index in [0.717, 1.165) is 12.5 Å². The van der Waals surface area contributed by atoms with Crippen LogP contribution in [0.4, 0.5) is 0 Å². The zero-order valence-corrected chi connectivity index (χ0v) is 12.7. The van der Waals surface area contributed by atoms with Crippen LogP contribution in [0.2, 0.25) is 19.1 Å².